The molecule has 0 radical (unpaired) electrons. The van der Waals surface area contributed by atoms with Gasteiger partial charge in [0.05, 0.1) is 0 Å². The van der Waals surface area contributed by atoms with Crippen molar-refractivity contribution in [3.63, 3.8) is 0 Å². The second-order valence-electron chi connectivity index (χ2n) is 4.41. The first-order valence-electron chi connectivity index (χ1n) is 6.34. The van der Waals surface area contributed by atoms with E-state index in [0.717, 1.165) is 31.5 Å². The van der Waals surface area contributed by atoms with E-state index in [1.807, 2.05) is 30.3 Å². The molecule has 0 spiro atoms. The Balaban J connectivity index is 1.95. The smallest absolute Gasteiger partial charge is 0.412 e. The van der Waals surface area contributed by atoms with Crippen LogP contribution in [0.5, 0.6) is 0 Å². The molecule has 1 aliphatic heterocycles. The quantitative estimate of drug-likeness (QED) is 0.773. The zero-order valence-corrected chi connectivity index (χ0v) is 10.7. The molecule has 0 aliphatic carbocycles. The number of ether oxygens (including phenoxy) is 2. The molecule has 0 saturated carbocycles. The molecule has 1 aliphatic rings. The Kier molecular flexibility index (Phi) is 4.59. The number of nitrogens with zero attached hydrogens (tertiary/aromatic N) is 1. The number of carbonyl (C=O) groups excluding carboxylic acids is 1. The molecule has 1 saturated heterocycles. The number of likely N-dealkylation sites (tertiary alicyclic amines) is 1. The van der Waals surface area contributed by atoms with Crippen LogP contribution in [-0.4, -0.2) is 31.2 Å². The minimum absolute atomic E-state index is 0.287. The minimum Gasteiger partial charge on any atom is -0.415 e. The lowest BCUT2D eigenvalue weighted by molar-refractivity contribution is -0.0949. The third-order valence-electron chi connectivity index (χ3n) is 3.11. The zero-order valence-electron chi connectivity index (χ0n) is 10.7. The van der Waals surface area contributed by atoms with Gasteiger partial charge in [0.15, 0.2) is 0 Å². The first-order valence-corrected chi connectivity index (χ1v) is 6.34. The standard InChI is InChI=1S/C14H19NO3/c1-17-13(12-8-4-2-5-9-12)18-14(16)15-10-6-3-7-11-15/h2,4-5,8-9,13H,3,6-7,10-11H2,1H3. The average molecular weight is 249 g/mol. The van der Waals surface area contributed by atoms with E-state index in [0.29, 0.717) is 0 Å². The fraction of sp³-hybridized carbons (Fsp3) is 0.500. The number of methoxy groups -OCH3 is 1. The Morgan fingerprint density at radius 2 is 1.83 bits per heavy atom. The molecule has 0 N–H and O–H groups in total. The molecule has 98 valence electrons. The molecular weight excluding hydrogens is 230 g/mol. The highest BCUT2D eigenvalue weighted by molar-refractivity contribution is 5.68. The first-order chi connectivity index (χ1) is 8.81. The molecular formula is C14H19NO3. The summed E-state index contributed by atoms with van der Waals surface area (Å²) < 4.78 is 10.6. The highest BCUT2D eigenvalue weighted by Gasteiger charge is 2.22. The van der Waals surface area contributed by atoms with E-state index in [1.54, 1.807) is 12.0 Å². The number of hydrogen-bond donors (Lipinski definition) is 0. The Bertz CT molecular complexity index is 374. The van der Waals surface area contributed by atoms with Crippen LogP contribution in [0.2, 0.25) is 0 Å². The molecule has 1 atom stereocenters. The molecule has 1 fully saturated rings. The maximum absolute atomic E-state index is 12.0. The van der Waals surface area contributed by atoms with Crippen molar-refractivity contribution in [1.82, 2.24) is 4.90 Å². The number of benzene rings is 1. The number of carbonyl (C=O) groups is 1. The topological polar surface area (TPSA) is 38.8 Å². The summed E-state index contributed by atoms with van der Waals surface area (Å²) >= 11 is 0. The van der Waals surface area contributed by atoms with Crippen LogP contribution in [0.15, 0.2) is 30.3 Å². The van der Waals surface area contributed by atoms with Crippen LogP contribution in [0, 0.1) is 0 Å². The third kappa shape index (κ3) is 3.23. The van der Waals surface area contributed by atoms with Crippen molar-refractivity contribution >= 4 is 6.09 Å². The minimum atomic E-state index is -0.624. The second kappa shape index (κ2) is 6.40. The first kappa shape index (κ1) is 12.9. The molecule has 1 aromatic carbocycles. The van der Waals surface area contributed by atoms with Crippen LogP contribution in [0.1, 0.15) is 31.1 Å². The van der Waals surface area contributed by atoms with Crippen molar-refractivity contribution in [1.29, 1.82) is 0 Å². The van der Waals surface area contributed by atoms with Gasteiger partial charge in [0, 0.05) is 25.8 Å². The van der Waals surface area contributed by atoms with Crippen molar-refractivity contribution in [2.24, 2.45) is 0 Å². The fourth-order valence-corrected chi connectivity index (χ4v) is 2.10. The lowest BCUT2D eigenvalue weighted by Crippen LogP contribution is -2.36. The normalized spacial score (nSPS) is 17.3. The van der Waals surface area contributed by atoms with Gasteiger partial charge in [-0.25, -0.2) is 4.79 Å². The Hall–Kier alpha value is -1.55. The molecule has 1 heterocycles. The summed E-state index contributed by atoms with van der Waals surface area (Å²) in [7, 11) is 1.54. The third-order valence-corrected chi connectivity index (χ3v) is 3.11. The van der Waals surface area contributed by atoms with Gasteiger partial charge in [-0.05, 0) is 19.3 Å². The Morgan fingerprint density at radius 1 is 1.17 bits per heavy atom. The summed E-state index contributed by atoms with van der Waals surface area (Å²) in [4.78, 5) is 13.7. The predicted molar refractivity (Wildman–Crippen MR) is 68.1 cm³/mol. The van der Waals surface area contributed by atoms with Crippen LogP contribution >= 0.6 is 0 Å². The van der Waals surface area contributed by atoms with E-state index in [4.69, 9.17) is 9.47 Å². The number of rotatable bonds is 3. The van der Waals surface area contributed by atoms with Gasteiger partial charge in [-0.15, -0.1) is 0 Å². The van der Waals surface area contributed by atoms with E-state index in [1.165, 1.54) is 6.42 Å². The van der Waals surface area contributed by atoms with E-state index in [9.17, 15) is 4.79 Å². The van der Waals surface area contributed by atoms with Gasteiger partial charge in [-0.3, -0.25) is 0 Å². The van der Waals surface area contributed by atoms with Crippen LogP contribution in [0.3, 0.4) is 0 Å². The zero-order chi connectivity index (χ0) is 12.8. The largest absolute Gasteiger partial charge is 0.415 e. The summed E-state index contributed by atoms with van der Waals surface area (Å²) in [5.74, 6) is 0. The summed E-state index contributed by atoms with van der Waals surface area (Å²) in [5, 5.41) is 0. The van der Waals surface area contributed by atoms with Crippen molar-refractivity contribution in [3.8, 4) is 0 Å². The molecule has 4 nitrogen and oxygen atoms in total. The van der Waals surface area contributed by atoms with Crippen molar-refractivity contribution in [3.05, 3.63) is 35.9 Å². The van der Waals surface area contributed by atoms with Crippen molar-refractivity contribution in [2.75, 3.05) is 20.2 Å². The van der Waals surface area contributed by atoms with E-state index in [2.05, 4.69) is 0 Å². The number of amides is 1. The van der Waals surface area contributed by atoms with Crippen molar-refractivity contribution in [2.45, 2.75) is 25.6 Å². The van der Waals surface area contributed by atoms with Gasteiger partial charge < -0.3 is 14.4 Å². The molecule has 1 amide bonds. The molecule has 0 bridgehead atoms. The number of piperidine rings is 1. The van der Waals surface area contributed by atoms with Gasteiger partial charge in [0.25, 0.3) is 0 Å². The predicted octanol–water partition coefficient (Wildman–Crippen LogP) is 2.95. The summed E-state index contributed by atoms with van der Waals surface area (Å²) in [6, 6.07) is 9.49. The van der Waals surface area contributed by atoms with Gasteiger partial charge in [0.1, 0.15) is 0 Å². The average Bonchev–Trinajstić information content (AvgIpc) is 2.46. The summed E-state index contributed by atoms with van der Waals surface area (Å²) in [6.07, 6.45) is 2.39. The maximum Gasteiger partial charge on any atom is 0.412 e. The van der Waals surface area contributed by atoms with E-state index < -0.39 is 6.29 Å². The van der Waals surface area contributed by atoms with Gasteiger partial charge in [-0.1, -0.05) is 30.3 Å². The highest BCUT2D eigenvalue weighted by atomic mass is 16.7. The SMILES string of the molecule is COC(OC(=O)N1CCCCC1)c1ccccc1. The van der Waals surface area contributed by atoms with Gasteiger partial charge in [-0.2, -0.15) is 0 Å². The van der Waals surface area contributed by atoms with Crippen LogP contribution in [-0.2, 0) is 9.47 Å². The Labute approximate surface area is 107 Å². The van der Waals surface area contributed by atoms with E-state index in [-0.39, 0.29) is 6.09 Å². The summed E-state index contributed by atoms with van der Waals surface area (Å²) in [5.41, 5.74) is 0.852. The molecule has 0 aromatic heterocycles. The lowest BCUT2D eigenvalue weighted by Gasteiger charge is -2.27. The molecule has 1 aromatic rings. The molecule has 1 unspecified atom stereocenters. The highest BCUT2D eigenvalue weighted by Crippen LogP contribution is 2.20. The van der Waals surface area contributed by atoms with Crippen LogP contribution in [0.4, 0.5) is 4.79 Å². The second-order valence-corrected chi connectivity index (χ2v) is 4.41. The van der Waals surface area contributed by atoms with Crippen LogP contribution in [0.25, 0.3) is 0 Å². The Morgan fingerprint density at radius 3 is 2.44 bits per heavy atom. The van der Waals surface area contributed by atoms with Gasteiger partial charge >= 0.3 is 6.09 Å². The molecule has 18 heavy (non-hydrogen) atoms. The van der Waals surface area contributed by atoms with Crippen LogP contribution < -0.4 is 0 Å². The number of hydrogen-bond acceptors (Lipinski definition) is 3. The molecule has 4 heteroatoms. The monoisotopic (exact) mass is 249 g/mol. The summed E-state index contributed by atoms with van der Waals surface area (Å²) in [6.45, 7) is 1.56. The van der Waals surface area contributed by atoms with E-state index >= 15 is 0 Å². The lowest BCUT2D eigenvalue weighted by atomic mass is 10.1. The molecule has 2 rings (SSSR count). The maximum atomic E-state index is 12.0. The fourth-order valence-electron chi connectivity index (χ4n) is 2.10. The van der Waals surface area contributed by atoms with Gasteiger partial charge in [0.2, 0.25) is 6.29 Å². The van der Waals surface area contributed by atoms with Crippen molar-refractivity contribution < 1.29 is 14.3 Å².